The van der Waals surface area contributed by atoms with Crippen molar-refractivity contribution >= 4 is 23.4 Å². The number of pyridine rings is 1. The number of imidazole rings is 1. The summed E-state index contributed by atoms with van der Waals surface area (Å²) in [5.74, 6) is 2.15. The zero-order valence-electron chi connectivity index (χ0n) is 14.8. The van der Waals surface area contributed by atoms with Crippen LogP contribution in [0.4, 0.5) is 0 Å². The predicted molar refractivity (Wildman–Crippen MR) is 103 cm³/mol. The average Bonchev–Trinajstić information content (AvgIpc) is 3.18. The van der Waals surface area contributed by atoms with Crippen molar-refractivity contribution in [1.29, 1.82) is 0 Å². The van der Waals surface area contributed by atoms with Gasteiger partial charge in [0, 0.05) is 43.7 Å². The summed E-state index contributed by atoms with van der Waals surface area (Å²) >= 11 is 2.06. The van der Waals surface area contributed by atoms with Crippen molar-refractivity contribution in [2.45, 2.75) is 37.9 Å². The van der Waals surface area contributed by atoms with Crippen LogP contribution in [0.1, 0.15) is 31.0 Å². The summed E-state index contributed by atoms with van der Waals surface area (Å²) in [7, 11) is 1.83. The molecular formula is C18H27N5S. The molecule has 2 aromatic heterocycles. The molecule has 24 heavy (non-hydrogen) atoms. The van der Waals surface area contributed by atoms with Gasteiger partial charge in [-0.3, -0.25) is 4.99 Å². The molecule has 0 bridgehead atoms. The molecule has 6 heteroatoms. The topological polar surface area (TPSA) is 53.7 Å². The van der Waals surface area contributed by atoms with Crippen LogP contribution in [0.25, 0.3) is 5.65 Å². The van der Waals surface area contributed by atoms with Crippen LogP contribution in [0.15, 0.2) is 29.5 Å². The van der Waals surface area contributed by atoms with E-state index in [1.54, 1.807) is 0 Å². The largest absolute Gasteiger partial charge is 0.356 e. The Morgan fingerprint density at radius 2 is 2.33 bits per heavy atom. The summed E-state index contributed by atoms with van der Waals surface area (Å²) in [4.78, 5) is 9.04. The van der Waals surface area contributed by atoms with Crippen LogP contribution in [-0.4, -0.2) is 46.0 Å². The van der Waals surface area contributed by atoms with E-state index in [9.17, 15) is 0 Å². The first-order chi connectivity index (χ1) is 11.6. The number of nitrogens with zero attached hydrogens (tertiary/aromatic N) is 3. The van der Waals surface area contributed by atoms with Gasteiger partial charge in [0.1, 0.15) is 5.65 Å². The molecule has 0 amide bonds. The number of fused-ring (bicyclic) bond motifs is 1. The third-order valence-corrected chi connectivity index (χ3v) is 6.09. The first-order valence-corrected chi connectivity index (χ1v) is 9.60. The van der Waals surface area contributed by atoms with Gasteiger partial charge in [-0.2, -0.15) is 11.8 Å². The van der Waals surface area contributed by atoms with E-state index < -0.39 is 0 Å². The zero-order chi connectivity index (χ0) is 17.0. The van der Waals surface area contributed by atoms with E-state index in [0.717, 1.165) is 36.8 Å². The fourth-order valence-corrected chi connectivity index (χ4v) is 4.35. The molecule has 0 aliphatic carbocycles. The van der Waals surface area contributed by atoms with Crippen LogP contribution in [0.3, 0.4) is 0 Å². The van der Waals surface area contributed by atoms with Crippen molar-refractivity contribution in [2.75, 3.05) is 25.9 Å². The molecule has 1 unspecified atom stereocenters. The third-order valence-electron chi connectivity index (χ3n) is 4.56. The molecule has 130 valence electrons. The summed E-state index contributed by atoms with van der Waals surface area (Å²) in [6.45, 7) is 6.22. The van der Waals surface area contributed by atoms with Crippen molar-refractivity contribution < 1.29 is 0 Å². The normalized spacial score (nSPS) is 21.4. The second-order valence-corrected chi connectivity index (χ2v) is 8.34. The van der Waals surface area contributed by atoms with Crippen molar-refractivity contribution in [2.24, 2.45) is 4.99 Å². The van der Waals surface area contributed by atoms with Gasteiger partial charge < -0.3 is 15.0 Å². The molecule has 2 N–H and O–H groups in total. The Kier molecular flexibility index (Phi) is 5.33. The van der Waals surface area contributed by atoms with E-state index >= 15 is 0 Å². The van der Waals surface area contributed by atoms with Crippen LogP contribution in [0.2, 0.25) is 0 Å². The zero-order valence-corrected chi connectivity index (χ0v) is 15.6. The van der Waals surface area contributed by atoms with Crippen molar-refractivity contribution in [3.63, 3.8) is 0 Å². The maximum absolute atomic E-state index is 4.71. The lowest BCUT2D eigenvalue weighted by molar-refractivity contribution is 0.584. The Morgan fingerprint density at radius 1 is 1.46 bits per heavy atom. The molecule has 0 radical (unpaired) electrons. The third kappa shape index (κ3) is 4.04. The molecule has 1 aliphatic heterocycles. The van der Waals surface area contributed by atoms with Gasteiger partial charge in [0.15, 0.2) is 5.96 Å². The van der Waals surface area contributed by atoms with Gasteiger partial charge >= 0.3 is 0 Å². The first kappa shape index (κ1) is 17.1. The summed E-state index contributed by atoms with van der Waals surface area (Å²) < 4.78 is 2.44. The first-order valence-electron chi connectivity index (χ1n) is 8.61. The van der Waals surface area contributed by atoms with Gasteiger partial charge in [0.05, 0.1) is 5.69 Å². The Hall–Kier alpha value is -1.69. The lowest BCUT2D eigenvalue weighted by Gasteiger charge is -2.24. The van der Waals surface area contributed by atoms with Gasteiger partial charge in [-0.15, -0.1) is 0 Å². The summed E-state index contributed by atoms with van der Waals surface area (Å²) in [5.41, 5.74) is 3.35. The standard InChI is InChI=1S/C18H27N5S/c1-14-6-4-10-23-12-15(22-16(14)23)7-9-20-17(19-3)21-13-18(2)8-5-11-24-18/h4,6,10,12H,5,7-9,11,13H2,1-3H3,(H2,19,20,21). The van der Waals surface area contributed by atoms with E-state index in [1.165, 1.54) is 24.2 Å². The van der Waals surface area contributed by atoms with Crippen molar-refractivity contribution in [1.82, 2.24) is 20.0 Å². The van der Waals surface area contributed by atoms with Crippen LogP contribution in [0.5, 0.6) is 0 Å². The van der Waals surface area contributed by atoms with Crippen LogP contribution in [0, 0.1) is 6.92 Å². The molecule has 1 fully saturated rings. The lowest BCUT2D eigenvalue weighted by atomic mass is 10.1. The Morgan fingerprint density at radius 3 is 3.04 bits per heavy atom. The van der Waals surface area contributed by atoms with Gasteiger partial charge in [-0.05, 0) is 44.1 Å². The number of aliphatic imine (C=N–C) groups is 1. The minimum atomic E-state index is 0.344. The van der Waals surface area contributed by atoms with E-state index in [-0.39, 0.29) is 0 Å². The number of nitrogens with one attached hydrogen (secondary N) is 2. The highest BCUT2D eigenvalue weighted by Gasteiger charge is 2.29. The molecule has 3 rings (SSSR count). The van der Waals surface area contributed by atoms with E-state index in [0.29, 0.717) is 4.75 Å². The minimum Gasteiger partial charge on any atom is -0.356 e. The molecule has 1 saturated heterocycles. The quantitative estimate of drug-likeness (QED) is 0.646. The minimum absolute atomic E-state index is 0.344. The van der Waals surface area contributed by atoms with Gasteiger partial charge in [-0.1, -0.05) is 6.07 Å². The van der Waals surface area contributed by atoms with Crippen LogP contribution < -0.4 is 10.6 Å². The van der Waals surface area contributed by atoms with Gasteiger partial charge in [-0.25, -0.2) is 4.98 Å². The molecule has 1 atom stereocenters. The Bertz CT molecular complexity index is 715. The Labute approximate surface area is 148 Å². The molecule has 1 aliphatic rings. The van der Waals surface area contributed by atoms with E-state index in [2.05, 4.69) is 64.0 Å². The number of guanidine groups is 1. The van der Waals surface area contributed by atoms with Crippen LogP contribution in [-0.2, 0) is 6.42 Å². The smallest absolute Gasteiger partial charge is 0.191 e. The maximum atomic E-state index is 4.71. The highest BCUT2D eigenvalue weighted by molar-refractivity contribution is 8.00. The molecule has 0 saturated carbocycles. The predicted octanol–water partition coefficient (Wildman–Crippen LogP) is 2.64. The summed E-state index contributed by atoms with van der Waals surface area (Å²) in [6, 6.07) is 4.15. The summed E-state index contributed by atoms with van der Waals surface area (Å²) in [6.07, 6.45) is 7.64. The maximum Gasteiger partial charge on any atom is 0.191 e. The van der Waals surface area contributed by atoms with Crippen LogP contribution >= 0.6 is 11.8 Å². The lowest BCUT2D eigenvalue weighted by Crippen LogP contribution is -2.44. The molecular weight excluding hydrogens is 318 g/mol. The average molecular weight is 346 g/mol. The monoisotopic (exact) mass is 345 g/mol. The van der Waals surface area contributed by atoms with Crippen molar-refractivity contribution in [3.8, 4) is 0 Å². The van der Waals surface area contributed by atoms with Crippen molar-refractivity contribution in [3.05, 3.63) is 35.8 Å². The highest BCUT2D eigenvalue weighted by atomic mass is 32.2. The fraction of sp³-hybridized carbons (Fsp3) is 0.556. The SMILES string of the molecule is CN=C(NCCc1cn2cccc(C)c2n1)NCC1(C)CCCS1. The molecule has 5 nitrogen and oxygen atoms in total. The van der Waals surface area contributed by atoms with Gasteiger partial charge in [0.2, 0.25) is 0 Å². The molecule has 2 aromatic rings. The number of hydrogen-bond donors (Lipinski definition) is 2. The molecule has 0 aromatic carbocycles. The molecule has 3 heterocycles. The number of rotatable bonds is 5. The number of thioether (sulfide) groups is 1. The number of aromatic nitrogens is 2. The highest BCUT2D eigenvalue weighted by Crippen LogP contribution is 2.36. The number of aryl methyl sites for hydroxylation is 1. The number of hydrogen-bond acceptors (Lipinski definition) is 3. The van der Waals surface area contributed by atoms with E-state index in [4.69, 9.17) is 4.98 Å². The summed E-state index contributed by atoms with van der Waals surface area (Å²) in [5, 5.41) is 6.86. The Balaban J connectivity index is 1.49. The van der Waals surface area contributed by atoms with E-state index in [1.807, 2.05) is 13.2 Å². The van der Waals surface area contributed by atoms with Gasteiger partial charge in [0.25, 0.3) is 0 Å². The molecule has 0 spiro atoms. The second kappa shape index (κ2) is 7.47. The second-order valence-electron chi connectivity index (χ2n) is 6.66. The fourth-order valence-electron chi connectivity index (χ4n) is 3.10.